The van der Waals surface area contributed by atoms with Crippen LogP contribution in [0.2, 0.25) is 0 Å². The van der Waals surface area contributed by atoms with Crippen LogP contribution in [0.3, 0.4) is 0 Å². The number of rotatable bonds is 7. The summed E-state index contributed by atoms with van der Waals surface area (Å²) in [6.45, 7) is 10.1. The number of ether oxygens (including phenoxy) is 1. The molecule has 3 heteroatoms. The monoisotopic (exact) mass is 228 g/mol. The largest absolute Gasteiger partial charge is 0.384 e. The first kappa shape index (κ1) is 13.9. The highest BCUT2D eigenvalue weighted by atomic mass is 16.5. The van der Waals surface area contributed by atoms with Gasteiger partial charge in [-0.2, -0.15) is 0 Å². The molecule has 1 saturated heterocycles. The van der Waals surface area contributed by atoms with Crippen molar-refractivity contribution in [2.45, 2.75) is 39.2 Å². The fourth-order valence-electron chi connectivity index (χ4n) is 2.63. The molecule has 1 rings (SSSR count). The molecule has 0 spiro atoms. The van der Waals surface area contributed by atoms with E-state index in [0.717, 1.165) is 19.1 Å². The van der Waals surface area contributed by atoms with Gasteiger partial charge in [0.25, 0.3) is 0 Å². The molecule has 2 unspecified atom stereocenters. The molecule has 0 bridgehead atoms. The summed E-state index contributed by atoms with van der Waals surface area (Å²) in [6.07, 6.45) is 3.89. The molecule has 1 aliphatic rings. The van der Waals surface area contributed by atoms with Crippen LogP contribution in [0.5, 0.6) is 0 Å². The van der Waals surface area contributed by atoms with Gasteiger partial charge in [-0.1, -0.05) is 13.8 Å². The topological polar surface area (TPSA) is 24.5 Å². The average molecular weight is 228 g/mol. The van der Waals surface area contributed by atoms with E-state index in [1.165, 1.54) is 38.9 Å². The Bertz CT molecular complexity index is 173. The van der Waals surface area contributed by atoms with Crippen LogP contribution >= 0.6 is 0 Å². The minimum Gasteiger partial charge on any atom is -0.384 e. The molecule has 1 N–H and O–H groups in total. The van der Waals surface area contributed by atoms with E-state index in [-0.39, 0.29) is 0 Å². The first-order valence-electron chi connectivity index (χ1n) is 6.74. The second-order valence-corrected chi connectivity index (χ2v) is 4.89. The summed E-state index contributed by atoms with van der Waals surface area (Å²) in [5.41, 5.74) is 0. The number of likely N-dealkylation sites (tertiary alicyclic amines) is 1. The fourth-order valence-corrected chi connectivity index (χ4v) is 2.63. The Morgan fingerprint density at radius 1 is 1.44 bits per heavy atom. The lowest BCUT2D eigenvalue weighted by Gasteiger charge is -2.34. The van der Waals surface area contributed by atoms with Gasteiger partial charge >= 0.3 is 0 Å². The molecule has 1 aliphatic heterocycles. The third-order valence-electron chi connectivity index (χ3n) is 3.47. The smallest absolute Gasteiger partial charge is 0.0502 e. The van der Waals surface area contributed by atoms with Crippen LogP contribution in [-0.4, -0.2) is 50.8 Å². The summed E-state index contributed by atoms with van der Waals surface area (Å²) >= 11 is 0. The van der Waals surface area contributed by atoms with Gasteiger partial charge in [0.05, 0.1) is 6.61 Å². The maximum atomic E-state index is 5.27. The SMILES string of the molecule is CCNC(CC)CN1CCCC(COC)C1. The van der Waals surface area contributed by atoms with Crippen LogP contribution in [0.25, 0.3) is 0 Å². The van der Waals surface area contributed by atoms with E-state index in [1.807, 2.05) is 7.11 Å². The molecular formula is C13H28N2O. The molecule has 0 aromatic rings. The highest BCUT2D eigenvalue weighted by Gasteiger charge is 2.21. The zero-order valence-electron chi connectivity index (χ0n) is 11.2. The molecule has 0 amide bonds. The van der Waals surface area contributed by atoms with E-state index >= 15 is 0 Å². The van der Waals surface area contributed by atoms with Crippen molar-refractivity contribution >= 4 is 0 Å². The zero-order chi connectivity index (χ0) is 11.8. The standard InChI is InChI=1S/C13H28N2O/c1-4-13(14-5-2)10-15-8-6-7-12(9-15)11-16-3/h12-14H,4-11H2,1-3H3. The third kappa shape index (κ3) is 4.81. The van der Waals surface area contributed by atoms with Crippen molar-refractivity contribution in [3.8, 4) is 0 Å². The lowest BCUT2D eigenvalue weighted by Crippen LogP contribution is -2.45. The van der Waals surface area contributed by atoms with Crippen molar-refractivity contribution in [2.75, 3.05) is 39.9 Å². The van der Waals surface area contributed by atoms with Gasteiger partial charge in [-0.3, -0.25) is 0 Å². The number of methoxy groups -OCH3 is 1. The van der Waals surface area contributed by atoms with Crippen molar-refractivity contribution in [1.29, 1.82) is 0 Å². The summed E-state index contributed by atoms with van der Waals surface area (Å²) in [5, 5.41) is 3.55. The molecule has 0 aliphatic carbocycles. The predicted octanol–water partition coefficient (Wildman–Crippen LogP) is 1.73. The van der Waals surface area contributed by atoms with Crippen molar-refractivity contribution in [3.63, 3.8) is 0 Å². The minimum atomic E-state index is 0.659. The summed E-state index contributed by atoms with van der Waals surface area (Å²) in [6, 6.07) is 0.659. The number of hydrogen-bond acceptors (Lipinski definition) is 3. The van der Waals surface area contributed by atoms with E-state index in [0.29, 0.717) is 6.04 Å². The van der Waals surface area contributed by atoms with Crippen LogP contribution in [0.4, 0.5) is 0 Å². The first-order valence-corrected chi connectivity index (χ1v) is 6.74. The number of nitrogens with zero attached hydrogens (tertiary/aromatic N) is 1. The Labute approximate surface area is 101 Å². The molecule has 0 radical (unpaired) electrons. The molecule has 16 heavy (non-hydrogen) atoms. The van der Waals surface area contributed by atoms with Gasteiger partial charge in [-0.15, -0.1) is 0 Å². The Balaban J connectivity index is 2.29. The van der Waals surface area contributed by atoms with Gasteiger partial charge in [0.1, 0.15) is 0 Å². The Kier molecular flexibility index (Phi) is 7.01. The Morgan fingerprint density at radius 2 is 2.25 bits per heavy atom. The minimum absolute atomic E-state index is 0.659. The quantitative estimate of drug-likeness (QED) is 0.718. The normalized spacial score (nSPS) is 24.6. The molecule has 0 aromatic heterocycles. The molecule has 3 nitrogen and oxygen atoms in total. The molecule has 0 saturated carbocycles. The van der Waals surface area contributed by atoms with Crippen LogP contribution in [0, 0.1) is 5.92 Å². The second-order valence-electron chi connectivity index (χ2n) is 4.89. The van der Waals surface area contributed by atoms with E-state index in [9.17, 15) is 0 Å². The van der Waals surface area contributed by atoms with Crippen LogP contribution < -0.4 is 5.32 Å². The molecule has 1 heterocycles. The maximum Gasteiger partial charge on any atom is 0.0502 e. The van der Waals surface area contributed by atoms with Crippen LogP contribution in [0.1, 0.15) is 33.1 Å². The van der Waals surface area contributed by atoms with E-state index in [2.05, 4.69) is 24.1 Å². The van der Waals surface area contributed by atoms with Crippen molar-refractivity contribution in [1.82, 2.24) is 10.2 Å². The molecule has 0 aromatic carbocycles. The van der Waals surface area contributed by atoms with Crippen LogP contribution in [-0.2, 0) is 4.74 Å². The van der Waals surface area contributed by atoms with E-state index < -0.39 is 0 Å². The van der Waals surface area contributed by atoms with E-state index in [1.54, 1.807) is 0 Å². The highest BCUT2D eigenvalue weighted by Crippen LogP contribution is 2.17. The number of piperidine rings is 1. The van der Waals surface area contributed by atoms with Gasteiger partial charge < -0.3 is 15.0 Å². The fraction of sp³-hybridized carbons (Fsp3) is 1.00. The average Bonchev–Trinajstić information content (AvgIpc) is 2.29. The predicted molar refractivity (Wildman–Crippen MR) is 68.8 cm³/mol. The number of likely N-dealkylation sites (N-methyl/N-ethyl adjacent to an activating group) is 1. The lowest BCUT2D eigenvalue weighted by molar-refractivity contribution is 0.0855. The summed E-state index contributed by atoms with van der Waals surface area (Å²) in [4.78, 5) is 2.60. The van der Waals surface area contributed by atoms with Crippen molar-refractivity contribution in [2.24, 2.45) is 5.92 Å². The number of hydrogen-bond donors (Lipinski definition) is 1. The summed E-state index contributed by atoms with van der Waals surface area (Å²) in [5.74, 6) is 0.748. The number of nitrogens with one attached hydrogen (secondary N) is 1. The molecule has 1 fully saturated rings. The van der Waals surface area contributed by atoms with Crippen molar-refractivity contribution < 1.29 is 4.74 Å². The van der Waals surface area contributed by atoms with Crippen molar-refractivity contribution in [3.05, 3.63) is 0 Å². The summed E-state index contributed by atoms with van der Waals surface area (Å²) in [7, 11) is 1.81. The van der Waals surface area contributed by atoms with Crippen LogP contribution in [0.15, 0.2) is 0 Å². The summed E-state index contributed by atoms with van der Waals surface area (Å²) < 4.78 is 5.27. The highest BCUT2D eigenvalue weighted by molar-refractivity contribution is 4.77. The lowest BCUT2D eigenvalue weighted by atomic mass is 9.98. The Morgan fingerprint density at radius 3 is 2.88 bits per heavy atom. The van der Waals surface area contributed by atoms with Gasteiger partial charge in [0.15, 0.2) is 0 Å². The molecule has 96 valence electrons. The Hall–Kier alpha value is -0.120. The van der Waals surface area contributed by atoms with Gasteiger partial charge in [-0.05, 0) is 38.3 Å². The molecular weight excluding hydrogens is 200 g/mol. The maximum absolute atomic E-state index is 5.27. The van der Waals surface area contributed by atoms with Gasteiger partial charge in [0.2, 0.25) is 0 Å². The van der Waals surface area contributed by atoms with E-state index in [4.69, 9.17) is 4.74 Å². The van der Waals surface area contributed by atoms with Gasteiger partial charge in [-0.25, -0.2) is 0 Å². The second kappa shape index (κ2) is 8.04. The van der Waals surface area contributed by atoms with Gasteiger partial charge in [0, 0.05) is 26.2 Å². The molecule has 2 atom stereocenters. The zero-order valence-corrected chi connectivity index (χ0v) is 11.2. The first-order chi connectivity index (χ1) is 7.80. The third-order valence-corrected chi connectivity index (χ3v) is 3.47.